The van der Waals surface area contributed by atoms with Crippen LogP contribution >= 0.6 is 0 Å². The van der Waals surface area contributed by atoms with Crippen LogP contribution in [0.25, 0.3) is 10.9 Å². The molecule has 0 atom stereocenters. The van der Waals surface area contributed by atoms with Crippen molar-refractivity contribution >= 4 is 16.6 Å². The summed E-state index contributed by atoms with van der Waals surface area (Å²) in [7, 11) is 1.72. The van der Waals surface area contributed by atoms with E-state index in [0.717, 1.165) is 48.5 Å². The molecule has 0 aliphatic carbocycles. The van der Waals surface area contributed by atoms with Gasteiger partial charge in [-0.05, 0) is 31.9 Å². The minimum atomic E-state index is 0.669. The monoisotopic (exact) mass is 300 g/mol. The minimum Gasteiger partial charge on any atom is -0.491 e. The Kier molecular flexibility index (Phi) is 4.78. The third-order valence-corrected chi connectivity index (χ3v) is 4.16. The average Bonchev–Trinajstić information content (AvgIpc) is 3.05. The van der Waals surface area contributed by atoms with Gasteiger partial charge >= 0.3 is 0 Å². The molecule has 0 radical (unpaired) electrons. The smallest absolute Gasteiger partial charge is 0.153 e. The summed E-state index contributed by atoms with van der Waals surface area (Å²) in [5, 5.41) is 1.10. The molecule has 22 heavy (non-hydrogen) atoms. The molecule has 2 heterocycles. The average molecular weight is 300 g/mol. The first-order valence-electron chi connectivity index (χ1n) is 8.07. The molecule has 1 aliphatic rings. The number of hydrogen-bond donors (Lipinski definition) is 0. The first-order chi connectivity index (χ1) is 10.8. The zero-order valence-corrected chi connectivity index (χ0v) is 13.5. The van der Waals surface area contributed by atoms with E-state index < -0.39 is 0 Å². The lowest BCUT2D eigenvalue weighted by Crippen LogP contribution is -2.21. The number of ether oxygens (including phenoxy) is 2. The second-order valence-corrected chi connectivity index (χ2v) is 5.78. The molecular formula is C18H24N2O2. The highest BCUT2D eigenvalue weighted by Crippen LogP contribution is 2.39. The predicted molar refractivity (Wildman–Crippen MR) is 89.9 cm³/mol. The molecule has 2 aromatic rings. The van der Waals surface area contributed by atoms with Gasteiger partial charge in [0, 0.05) is 38.6 Å². The van der Waals surface area contributed by atoms with Gasteiger partial charge in [0.2, 0.25) is 0 Å². The molecule has 0 N–H and O–H groups in total. The Morgan fingerprint density at radius 2 is 1.91 bits per heavy atom. The Bertz CT molecular complexity index is 636. The summed E-state index contributed by atoms with van der Waals surface area (Å²) in [6.07, 6.45) is 3.39. The van der Waals surface area contributed by atoms with Crippen LogP contribution in [0.4, 0.5) is 5.69 Å². The second kappa shape index (κ2) is 6.97. The Balaban J connectivity index is 2.00. The first-order valence-corrected chi connectivity index (χ1v) is 8.07. The third kappa shape index (κ3) is 3.02. The normalized spacial score (nSPS) is 14.7. The zero-order valence-electron chi connectivity index (χ0n) is 13.5. The molecule has 0 saturated carbocycles. The van der Waals surface area contributed by atoms with E-state index in [2.05, 4.69) is 30.0 Å². The standard InChI is InChI=1S/C18H24N2O2/c1-14-17(20-10-5-6-11-20)18(22-13-7-12-21-2)15-8-3-4-9-16(15)19-14/h3-4,8-9H,5-7,10-13H2,1-2H3. The lowest BCUT2D eigenvalue weighted by atomic mass is 10.1. The van der Waals surface area contributed by atoms with Gasteiger partial charge in [-0.2, -0.15) is 0 Å². The Labute approximate surface area is 132 Å². The van der Waals surface area contributed by atoms with Crippen molar-refractivity contribution in [1.82, 2.24) is 4.98 Å². The van der Waals surface area contributed by atoms with Crippen molar-refractivity contribution in [3.63, 3.8) is 0 Å². The van der Waals surface area contributed by atoms with E-state index in [1.165, 1.54) is 18.5 Å². The molecule has 1 aromatic heterocycles. The van der Waals surface area contributed by atoms with Gasteiger partial charge < -0.3 is 14.4 Å². The Morgan fingerprint density at radius 3 is 2.68 bits per heavy atom. The van der Waals surface area contributed by atoms with Gasteiger partial charge in [0.25, 0.3) is 0 Å². The fourth-order valence-corrected chi connectivity index (χ4v) is 3.13. The number of methoxy groups -OCH3 is 1. The van der Waals surface area contributed by atoms with Crippen molar-refractivity contribution in [2.75, 3.05) is 38.3 Å². The topological polar surface area (TPSA) is 34.6 Å². The molecule has 4 heteroatoms. The van der Waals surface area contributed by atoms with Crippen LogP contribution in [0.1, 0.15) is 25.0 Å². The van der Waals surface area contributed by atoms with Gasteiger partial charge in [0.1, 0.15) is 5.69 Å². The molecule has 4 nitrogen and oxygen atoms in total. The van der Waals surface area contributed by atoms with E-state index in [-0.39, 0.29) is 0 Å². The molecule has 0 bridgehead atoms. The van der Waals surface area contributed by atoms with E-state index in [0.29, 0.717) is 6.61 Å². The lowest BCUT2D eigenvalue weighted by molar-refractivity contribution is 0.172. The number of pyridine rings is 1. The molecule has 0 spiro atoms. The van der Waals surface area contributed by atoms with E-state index in [4.69, 9.17) is 14.5 Å². The number of nitrogens with zero attached hydrogens (tertiary/aromatic N) is 2. The molecule has 1 aliphatic heterocycles. The van der Waals surface area contributed by atoms with Crippen LogP contribution in [0.2, 0.25) is 0 Å². The van der Waals surface area contributed by atoms with Crippen molar-refractivity contribution in [2.45, 2.75) is 26.2 Å². The maximum Gasteiger partial charge on any atom is 0.153 e. The van der Waals surface area contributed by atoms with Crippen LogP contribution in [0.5, 0.6) is 5.75 Å². The zero-order chi connectivity index (χ0) is 15.4. The number of benzene rings is 1. The van der Waals surface area contributed by atoms with Crippen molar-refractivity contribution in [1.29, 1.82) is 0 Å². The maximum absolute atomic E-state index is 6.18. The van der Waals surface area contributed by atoms with Crippen LogP contribution in [0, 0.1) is 6.92 Å². The third-order valence-electron chi connectivity index (χ3n) is 4.16. The van der Waals surface area contributed by atoms with Gasteiger partial charge in [0.05, 0.1) is 17.8 Å². The molecule has 1 saturated heterocycles. The molecule has 3 rings (SSSR count). The highest BCUT2D eigenvalue weighted by atomic mass is 16.5. The number of hydrogen-bond acceptors (Lipinski definition) is 4. The first kappa shape index (κ1) is 15.1. The molecular weight excluding hydrogens is 276 g/mol. The van der Waals surface area contributed by atoms with Gasteiger partial charge in [-0.25, -0.2) is 0 Å². The summed E-state index contributed by atoms with van der Waals surface area (Å²) in [6.45, 7) is 5.66. The number of para-hydroxylation sites is 1. The predicted octanol–water partition coefficient (Wildman–Crippen LogP) is 3.56. The van der Waals surface area contributed by atoms with E-state index >= 15 is 0 Å². The SMILES string of the molecule is COCCCOc1c(N2CCCC2)c(C)nc2ccccc12. The van der Waals surface area contributed by atoms with Crippen molar-refractivity contribution in [3.8, 4) is 5.75 Å². The second-order valence-electron chi connectivity index (χ2n) is 5.78. The van der Waals surface area contributed by atoms with Gasteiger partial charge in [0.15, 0.2) is 5.75 Å². The van der Waals surface area contributed by atoms with Crippen molar-refractivity contribution in [3.05, 3.63) is 30.0 Å². The highest BCUT2D eigenvalue weighted by Gasteiger charge is 2.22. The fraction of sp³-hybridized carbons (Fsp3) is 0.500. The van der Waals surface area contributed by atoms with Crippen molar-refractivity contribution < 1.29 is 9.47 Å². The van der Waals surface area contributed by atoms with E-state index in [1.54, 1.807) is 7.11 Å². The molecule has 0 amide bonds. The number of anilines is 1. The summed E-state index contributed by atoms with van der Waals surface area (Å²) in [5.41, 5.74) is 3.24. The van der Waals surface area contributed by atoms with Crippen LogP contribution in [-0.2, 0) is 4.74 Å². The number of aryl methyl sites for hydroxylation is 1. The molecule has 0 unspecified atom stereocenters. The van der Waals surface area contributed by atoms with E-state index in [9.17, 15) is 0 Å². The quantitative estimate of drug-likeness (QED) is 0.764. The number of rotatable bonds is 6. The lowest BCUT2D eigenvalue weighted by Gasteiger charge is -2.24. The summed E-state index contributed by atoms with van der Waals surface area (Å²) >= 11 is 0. The van der Waals surface area contributed by atoms with Crippen LogP contribution in [0.3, 0.4) is 0 Å². The van der Waals surface area contributed by atoms with Gasteiger partial charge in [-0.3, -0.25) is 4.98 Å². The van der Waals surface area contributed by atoms with Crippen molar-refractivity contribution in [2.24, 2.45) is 0 Å². The highest BCUT2D eigenvalue weighted by molar-refractivity contribution is 5.91. The Morgan fingerprint density at radius 1 is 1.14 bits per heavy atom. The minimum absolute atomic E-state index is 0.669. The number of fused-ring (bicyclic) bond motifs is 1. The van der Waals surface area contributed by atoms with Crippen LogP contribution < -0.4 is 9.64 Å². The fourth-order valence-electron chi connectivity index (χ4n) is 3.13. The van der Waals surface area contributed by atoms with Gasteiger partial charge in [-0.1, -0.05) is 12.1 Å². The van der Waals surface area contributed by atoms with Crippen LogP contribution in [-0.4, -0.2) is 38.4 Å². The molecule has 1 fully saturated rings. The summed E-state index contributed by atoms with van der Waals surface area (Å²) in [4.78, 5) is 7.20. The summed E-state index contributed by atoms with van der Waals surface area (Å²) < 4.78 is 11.3. The Hall–Kier alpha value is -1.81. The molecule has 1 aromatic carbocycles. The van der Waals surface area contributed by atoms with E-state index in [1.807, 2.05) is 6.07 Å². The summed E-state index contributed by atoms with van der Waals surface area (Å²) in [6, 6.07) is 8.24. The molecule has 118 valence electrons. The summed E-state index contributed by atoms with van der Waals surface area (Å²) in [5.74, 6) is 0.987. The van der Waals surface area contributed by atoms with Gasteiger partial charge in [-0.15, -0.1) is 0 Å². The largest absolute Gasteiger partial charge is 0.491 e. The number of aromatic nitrogens is 1. The maximum atomic E-state index is 6.18. The van der Waals surface area contributed by atoms with Crippen LogP contribution in [0.15, 0.2) is 24.3 Å².